The molecule has 2 aromatic carbocycles. The Bertz CT molecular complexity index is 805. The van der Waals surface area contributed by atoms with E-state index in [1.54, 1.807) is 11.3 Å². The summed E-state index contributed by atoms with van der Waals surface area (Å²) in [5, 5.41) is 1.69. The first-order valence-electron chi connectivity index (χ1n) is 6.24. The van der Waals surface area contributed by atoms with Gasteiger partial charge in [0.1, 0.15) is 0 Å². The number of alkyl halides is 1. The molecule has 0 aliphatic carbocycles. The summed E-state index contributed by atoms with van der Waals surface area (Å²) in [7, 11) is 0. The molecule has 1 nitrogen and oxygen atoms in total. The molecule has 1 unspecified atom stereocenters. The van der Waals surface area contributed by atoms with Gasteiger partial charge in [-0.05, 0) is 36.2 Å². The maximum absolute atomic E-state index is 12.5. The highest BCUT2D eigenvalue weighted by Gasteiger charge is 2.07. The molecular weight excluding hydrogens is 367 g/mol. The van der Waals surface area contributed by atoms with E-state index in [1.807, 2.05) is 24.3 Å². The molecule has 1 heterocycles. The molecule has 0 radical (unpaired) electrons. The summed E-state index contributed by atoms with van der Waals surface area (Å²) in [5.41, 5.74) is 1.40. The minimum Gasteiger partial charge on any atom is -0.289 e. The van der Waals surface area contributed by atoms with Gasteiger partial charge >= 0.3 is 0 Å². The van der Waals surface area contributed by atoms with Crippen molar-refractivity contribution in [2.75, 3.05) is 0 Å². The van der Waals surface area contributed by atoms with E-state index in [1.165, 1.54) is 5.56 Å². The van der Waals surface area contributed by atoms with Gasteiger partial charge < -0.3 is 0 Å². The number of rotatable bonds is 2. The van der Waals surface area contributed by atoms with Gasteiger partial charge in [0.2, 0.25) is 0 Å². The van der Waals surface area contributed by atoms with Crippen LogP contribution in [0.2, 0.25) is 0 Å². The molecule has 3 heteroatoms. The third kappa shape index (κ3) is 2.54. The Morgan fingerprint density at radius 2 is 1.84 bits per heavy atom. The Labute approximate surface area is 129 Å². The van der Waals surface area contributed by atoms with Gasteiger partial charge in [-0.25, -0.2) is 0 Å². The van der Waals surface area contributed by atoms with Crippen LogP contribution in [0, 0.1) is 0 Å². The lowest BCUT2D eigenvalue weighted by molar-refractivity contribution is 0.979. The summed E-state index contributed by atoms with van der Waals surface area (Å²) in [4.78, 5) is 12.5. The first-order chi connectivity index (χ1) is 9.15. The van der Waals surface area contributed by atoms with Crippen molar-refractivity contribution >= 4 is 54.1 Å². The maximum atomic E-state index is 12.5. The Hall–Kier alpha value is -0.940. The van der Waals surface area contributed by atoms with Crippen molar-refractivity contribution in [1.82, 2.24) is 0 Å². The highest BCUT2D eigenvalue weighted by atomic mass is 127. The third-order valence-electron chi connectivity index (χ3n) is 3.16. The normalized spacial score (nSPS) is 12.9. The van der Waals surface area contributed by atoms with Crippen LogP contribution in [0.15, 0.2) is 47.3 Å². The van der Waals surface area contributed by atoms with E-state index in [4.69, 9.17) is 0 Å². The van der Waals surface area contributed by atoms with Crippen molar-refractivity contribution in [3.8, 4) is 0 Å². The second-order valence-electron chi connectivity index (χ2n) is 4.74. The molecule has 0 N–H and O–H groups in total. The molecule has 0 saturated carbocycles. The van der Waals surface area contributed by atoms with Crippen LogP contribution < -0.4 is 5.43 Å². The molecule has 0 aliphatic rings. The van der Waals surface area contributed by atoms with Crippen LogP contribution in [0.4, 0.5) is 0 Å². The largest absolute Gasteiger partial charge is 0.289 e. The highest BCUT2D eigenvalue weighted by Crippen LogP contribution is 2.25. The van der Waals surface area contributed by atoms with Crippen molar-refractivity contribution in [1.29, 1.82) is 0 Å². The Morgan fingerprint density at radius 3 is 2.63 bits per heavy atom. The highest BCUT2D eigenvalue weighted by molar-refractivity contribution is 14.1. The van der Waals surface area contributed by atoms with E-state index in [-0.39, 0.29) is 5.43 Å². The number of halogens is 1. The average molecular weight is 380 g/mol. The van der Waals surface area contributed by atoms with Gasteiger partial charge in [0.25, 0.3) is 0 Å². The molecule has 96 valence electrons. The summed E-state index contributed by atoms with van der Waals surface area (Å²) in [6.45, 7) is 2.19. The predicted octanol–water partition coefficient (Wildman–Crippen LogP) is 4.78. The summed E-state index contributed by atoms with van der Waals surface area (Å²) >= 11 is 4.11. The van der Waals surface area contributed by atoms with Gasteiger partial charge in [-0.2, -0.15) is 0 Å². The monoisotopic (exact) mass is 380 g/mol. The lowest BCUT2D eigenvalue weighted by atomic mass is 10.1. The molecule has 3 rings (SSSR count). The summed E-state index contributed by atoms with van der Waals surface area (Å²) in [5.74, 6) is 0. The van der Waals surface area contributed by atoms with Crippen LogP contribution in [0.5, 0.6) is 0 Å². The molecule has 19 heavy (non-hydrogen) atoms. The fourth-order valence-corrected chi connectivity index (χ4v) is 3.86. The molecule has 0 bridgehead atoms. The van der Waals surface area contributed by atoms with Gasteiger partial charge in [-0.3, -0.25) is 4.79 Å². The number of benzene rings is 2. The second kappa shape index (κ2) is 5.21. The first kappa shape index (κ1) is 13.1. The summed E-state index contributed by atoms with van der Waals surface area (Å²) in [6, 6.07) is 14.1. The Kier molecular flexibility index (Phi) is 3.58. The number of fused-ring (bicyclic) bond motifs is 2. The van der Waals surface area contributed by atoms with Crippen LogP contribution in [0.25, 0.3) is 20.2 Å². The second-order valence-corrected chi connectivity index (χ2v) is 7.95. The molecule has 0 amide bonds. The minimum absolute atomic E-state index is 0.160. The van der Waals surface area contributed by atoms with Crippen LogP contribution in [-0.4, -0.2) is 3.92 Å². The predicted molar refractivity (Wildman–Crippen MR) is 92.8 cm³/mol. The van der Waals surface area contributed by atoms with Crippen molar-refractivity contribution in [3.63, 3.8) is 0 Å². The van der Waals surface area contributed by atoms with Crippen molar-refractivity contribution in [2.45, 2.75) is 17.3 Å². The van der Waals surface area contributed by atoms with E-state index in [0.29, 0.717) is 3.92 Å². The SMILES string of the molecule is CC(I)Cc1ccc2sc3ccccc3c(=O)c2c1. The van der Waals surface area contributed by atoms with E-state index in [0.717, 1.165) is 26.6 Å². The molecule has 0 aliphatic heterocycles. The first-order valence-corrected chi connectivity index (χ1v) is 8.30. The lowest BCUT2D eigenvalue weighted by Gasteiger charge is -2.06. The molecule has 0 saturated heterocycles. The molecule has 1 aromatic heterocycles. The fourth-order valence-electron chi connectivity index (χ4n) is 2.30. The summed E-state index contributed by atoms with van der Waals surface area (Å²) < 4.78 is 2.72. The number of hydrogen-bond acceptors (Lipinski definition) is 2. The van der Waals surface area contributed by atoms with Crippen molar-refractivity contribution in [3.05, 3.63) is 58.3 Å². The van der Waals surface area contributed by atoms with E-state index in [2.05, 4.69) is 47.7 Å². The van der Waals surface area contributed by atoms with E-state index < -0.39 is 0 Å². The minimum atomic E-state index is 0.160. The maximum Gasteiger partial charge on any atom is 0.195 e. The Morgan fingerprint density at radius 1 is 1.11 bits per heavy atom. The van der Waals surface area contributed by atoms with Crippen molar-refractivity contribution in [2.24, 2.45) is 0 Å². The quantitative estimate of drug-likeness (QED) is 0.355. The average Bonchev–Trinajstić information content (AvgIpc) is 2.39. The van der Waals surface area contributed by atoms with Gasteiger partial charge in [-0.15, -0.1) is 11.3 Å². The molecule has 3 aromatic rings. The molecule has 1 atom stereocenters. The Balaban J connectivity index is 2.30. The van der Waals surface area contributed by atoms with Crippen LogP contribution in [-0.2, 0) is 6.42 Å². The zero-order valence-corrected chi connectivity index (χ0v) is 13.5. The molecular formula is C16H13IOS. The van der Waals surface area contributed by atoms with E-state index >= 15 is 0 Å². The standard InChI is InChI=1S/C16H13IOS/c1-10(17)8-11-6-7-15-13(9-11)16(18)12-4-2-3-5-14(12)19-15/h2-7,9-10H,8H2,1H3. The van der Waals surface area contributed by atoms with Crippen molar-refractivity contribution < 1.29 is 0 Å². The third-order valence-corrected chi connectivity index (χ3v) is 4.75. The number of hydrogen-bond donors (Lipinski definition) is 0. The summed E-state index contributed by atoms with van der Waals surface area (Å²) in [6.07, 6.45) is 1.01. The zero-order valence-electron chi connectivity index (χ0n) is 10.5. The van der Waals surface area contributed by atoms with Gasteiger partial charge in [0.05, 0.1) is 0 Å². The fraction of sp³-hybridized carbons (Fsp3) is 0.188. The van der Waals surface area contributed by atoms with Crippen LogP contribution >= 0.6 is 33.9 Å². The molecule has 0 spiro atoms. The van der Waals surface area contributed by atoms with Gasteiger partial charge in [-0.1, -0.05) is 47.7 Å². The van der Waals surface area contributed by atoms with Crippen LogP contribution in [0.3, 0.4) is 0 Å². The smallest absolute Gasteiger partial charge is 0.195 e. The van der Waals surface area contributed by atoms with Gasteiger partial charge in [0, 0.05) is 24.1 Å². The lowest BCUT2D eigenvalue weighted by Crippen LogP contribution is -2.03. The van der Waals surface area contributed by atoms with E-state index in [9.17, 15) is 4.79 Å². The molecule has 0 fully saturated rings. The van der Waals surface area contributed by atoms with Gasteiger partial charge in [0.15, 0.2) is 5.43 Å². The van der Waals surface area contributed by atoms with Crippen LogP contribution in [0.1, 0.15) is 12.5 Å². The zero-order chi connectivity index (χ0) is 13.4. The topological polar surface area (TPSA) is 17.1 Å².